The van der Waals surface area contributed by atoms with Gasteiger partial charge in [0.25, 0.3) is 0 Å². The summed E-state index contributed by atoms with van der Waals surface area (Å²) in [4.78, 5) is 2.48. The Balaban J connectivity index is 3.45. The number of alkyl halides is 1. The maximum atomic E-state index is 3.56. The fourth-order valence-electron chi connectivity index (χ4n) is 1.12. The molecule has 0 fully saturated rings. The molecule has 0 N–H and O–H groups in total. The molecule has 1 nitrogen and oxygen atoms in total. The standard InChI is InChI=1S/C11H24BrNS/c1-5-13(6-2)7-8-14-10-11(3,4)9-12/h5-10H2,1-4H3. The van der Waals surface area contributed by atoms with Crippen LogP contribution >= 0.6 is 27.7 Å². The molecule has 0 amide bonds. The summed E-state index contributed by atoms with van der Waals surface area (Å²) in [6.45, 7) is 12.7. The molecule has 86 valence electrons. The lowest BCUT2D eigenvalue weighted by Gasteiger charge is -2.22. The Morgan fingerprint density at radius 1 is 1.21 bits per heavy atom. The van der Waals surface area contributed by atoms with E-state index >= 15 is 0 Å². The number of rotatable bonds is 8. The van der Waals surface area contributed by atoms with Gasteiger partial charge in [-0.3, -0.25) is 0 Å². The molecule has 0 bridgehead atoms. The first-order chi connectivity index (χ1) is 6.55. The first-order valence-corrected chi connectivity index (χ1v) is 7.69. The zero-order valence-electron chi connectivity index (χ0n) is 9.98. The summed E-state index contributed by atoms with van der Waals surface area (Å²) >= 11 is 5.63. The lowest BCUT2D eigenvalue weighted by molar-refractivity contribution is 0.323. The molecular formula is C11H24BrNS. The molecule has 0 rings (SSSR count). The molecule has 0 aliphatic rings. The van der Waals surface area contributed by atoms with Crippen molar-refractivity contribution >= 4 is 27.7 Å². The Labute approximate surface area is 102 Å². The first kappa shape index (κ1) is 14.8. The SMILES string of the molecule is CCN(CC)CCSCC(C)(C)CBr. The van der Waals surface area contributed by atoms with E-state index in [1.807, 2.05) is 0 Å². The van der Waals surface area contributed by atoms with Crippen molar-refractivity contribution in [3.05, 3.63) is 0 Å². The highest BCUT2D eigenvalue weighted by atomic mass is 79.9. The third-order valence-corrected chi connectivity index (χ3v) is 5.28. The molecule has 0 aromatic rings. The van der Waals surface area contributed by atoms with E-state index in [0.29, 0.717) is 5.41 Å². The fourth-order valence-corrected chi connectivity index (χ4v) is 2.77. The van der Waals surface area contributed by atoms with E-state index in [0.717, 1.165) is 5.33 Å². The van der Waals surface area contributed by atoms with Crippen molar-refractivity contribution in [2.24, 2.45) is 5.41 Å². The van der Waals surface area contributed by atoms with E-state index in [1.54, 1.807) is 0 Å². The first-order valence-electron chi connectivity index (χ1n) is 5.41. The van der Waals surface area contributed by atoms with Gasteiger partial charge in [-0.25, -0.2) is 0 Å². The lowest BCUT2D eigenvalue weighted by atomic mass is 10.0. The lowest BCUT2D eigenvalue weighted by Crippen LogP contribution is -2.26. The van der Waals surface area contributed by atoms with E-state index in [4.69, 9.17) is 0 Å². The summed E-state index contributed by atoms with van der Waals surface area (Å²) in [7, 11) is 0. The van der Waals surface area contributed by atoms with Crippen molar-refractivity contribution in [3.8, 4) is 0 Å². The third-order valence-electron chi connectivity index (χ3n) is 2.30. The average Bonchev–Trinajstić information content (AvgIpc) is 2.18. The Hall–Kier alpha value is 0.790. The summed E-state index contributed by atoms with van der Waals surface area (Å²) in [6.07, 6.45) is 0. The largest absolute Gasteiger partial charge is 0.303 e. The number of thioether (sulfide) groups is 1. The predicted octanol–water partition coefficient (Wildman–Crippen LogP) is 3.48. The van der Waals surface area contributed by atoms with Gasteiger partial charge in [0.15, 0.2) is 0 Å². The van der Waals surface area contributed by atoms with Gasteiger partial charge >= 0.3 is 0 Å². The highest BCUT2D eigenvalue weighted by Crippen LogP contribution is 2.23. The van der Waals surface area contributed by atoms with Crippen LogP contribution in [0, 0.1) is 5.41 Å². The van der Waals surface area contributed by atoms with Crippen molar-refractivity contribution in [1.29, 1.82) is 0 Å². The van der Waals surface area contributed by atoms with Crippen LogP contribution in [0.4, 0.5) is 0 Å². The van der Waals surface area contributed by atoms with E-state index in [1.165, 1.54) is 31.1 Å². The van der Waals surface area contributed by atoms with Crippen molar-refractivity contribution in [2.45, 2.75) is 27.7 Å². The van der Waals surface area contributed by atoms with E-state index in [-0.39, 0.29) is 0 Å². The van der Waals surface area contributed by atoms with Gasteiger partial charge in [0.05, 0.1) is 0 Å². The van der Waals surface area contributed by atoms with Crippen LogP contribution in [0.5, 0.6) is 0 Å². The van der Waals surface area contributed by atoms with Crippen LogP contribution in [0.1, 0.15) is 27.7 Å². The second-order valence-electron chi connectivity index (χ2n) is 4.38. The minimum Gasteiger partial charge on any atom is -0.303 e. The van der Waals surface area contributed by atoms with E-state index in [9.17, 15) is 0 Å². The second-order valence-corrected chi connectivity index (χ2v) is 6.04. The molecule has 0 aliphatic carbocycles. The van der Waals surface area contributed by atoms with Crippen LogP contribution < -0.4 is 0 Å². The second kappa shape index (κ2) is 8.00. The molecule has 0 radical (unpaired) electrons. The summed E-state index contributed by atoms with van der Waals surface area (Å²) in [5.41, 5.74) is 0.438. The molecule has 0 aliphatic heterocycles. The van der Waals surface area contributed by atoms with Crippen LogP contribution in [-0.4, -0.2) is 41.4 Å². The number of hydrogen-bond acceptors (Lipinski definition) is 2. The Morgan fingerprint density at radius 2 is 1.79 bits per heavy atom. The van der Waals surface area contributed by atoms with Gasteiger partial charge in [0, 0.05) is 17.6 Å². The normalized spacial score (nSPS) is 12.4. The molecule has 0 spiro atoms. The zero-order chi connectivity index (χ0) is 11.0. The molecule has 0 heterocycles. The smallest absolute Gasteiger partial charge is 0.00905 e. The summed E-state index contributed by atoms with van der Waals surface area (Å²) in [6, 6.07) is 0. The van der Waals surface area contributed by atoms with Gasteiger partial charge in [0.1, 0.15) is 0 Å². The van der Waals surface area contributed by atoms with Crippen molar-refractivity contribution in [2.75, 3.05) is 36.5 Å². The van der Waals surface area contributed by atoms with Gasteiger partial charge in [-0.2, -0.15) is 11.8 Å². The molecular weight excluding hydrogens is 258 g/mol. The maximum Gasteiger partial charge on any atom is 0.00905 e. The van der Waals surface area contributed by atoms with Gasteiger partial charge in [0.2, 0.25) is 0 Å². The predicted molar refractivity (Wildman–Crippen MR) is 72.7 cm³/mol. The number of hydrogen-bond donors (Lipinski definition) is 0. The fraction of sp³-hybridized carbons (Fsp3) is 1.00. The highest BCUT2D eigenvalue weighted by Gasteiger charge is 2.15. The van der Waals surface area contributed by atoms with Crippen LogP contribution in [0.2, 0.25) is 0 Å². The summed E-state index contributed by atoms with van der Waals surface area (Å²) < 4.78 is 0. The molecule has 0 aromatic carbocycles. The average molecular weight is 282 g/mol. The van der Waals surface area contributed by atoms with E-state index in [2.05, 4.69) is 60.3 Å². The van der Waals surface area contributed by atoms with E-state index < -0.39 is 0 Å². The minimum atomic E-state index is 0.438. The number of nitrogens with zero attached hydrogens (tertiary/aromatic N) is 1. The topological polar surface area (TPSA) is 3.24 Å². The third kappa shape index (κ3) is 7.13. The van der Waals surface area contributed by atoms with Crippen LogP contribution in [0.15, 0.2) is 0 Å². The van der Waals surface area contributed by atoms with Crippen molar-refractivity contribution in [1.82, 2.24) is 4.90 Å². The molecule has 0 saturated carbocycles. The summed E-state index contributed by atoms with van der Waals surface area (Å²) in [5, 5.41) is 1.10. The Kier molecular flexibility index (Phi) is 8.45. The molecule has 3 heteroatoms. The zero-order valence-corrected chi connectivity index (χ0v) is 12.4. The van der Waals surface area contributed by atoms with Crippen LogP contribution in [0.3, 0.4) is 0 Å². The summed E-state index contributed by atoms with van der Waals surface area (Å²) in [5.74, 6) is 2.51. The van der Waals surface area contributed by atoms with Crippen molar-refractivity contribution < 1.29 is 0 Å². The van der Waals surface area contributed by atoms with Gasteiger partial charge in [-0.15, -0.1) is 0 Å². The monoisotopic (exact) mass is 281 g/mol. The minimum absolute atomic E-state index is 0.438. The maximum absolute atomic E-state index is 3.56. The van der Waals surface area contributed by atoms with Gasteiger partial charge < -0.3 is 4.90 Å². The van der Waals surface area contributed by atoms with Gasteiger partial charge in [-0.05, 0) is 24.3 Å². The van der Waals surface area contributed by atoms with Crippen LogP contribution in [-0.2, 0) is 0 Å². The van der Waals surface area contributed by atoms with Crippen molar-refractivity contribution in [3.63, 3.8) is 0 Å². The molecule has 14 heavy (non-hydrogen) atoms. The number of halogens is 1. The quantitative estimate of drug-likeness (QED) is 0.495. The molecule has 0 saturated heterocycles. The highest BCUT2D eigenvalue weighted by molar-refractivity contribution is 9.09. The molecule has 0 aromatic heterocycles. The molecule has 0 unspecified atom stereocenters. The Bertz CT molecular complexity index is 135. The van der Waals surface area contributed by atoms with Gasteiger partial charge in [-0.1, -0.05) is 43.6 Å². The molecule has 0 atom stereocenters. The Morgan fingerprint density at radius 3 is 2.21 bits per heavy atom. The van der Waals surface area contributed by atoms with Crippen LogP contribution in [0.25, 0.3) is 0 Å².